The first kappa shape index (κ1) is 17.3. The number of nitrogens with zero attached hydrogens (tertiary/aromatic N) is 1. The number of aromatic amines is 1. The fraction of sp³-hybridized carbons (Fsp3) is 0.556. The predicted octanol–water partition coefficient (Wildman–Crippen LogP) is 1.82. The Kier molecular flexibility index (Phi) is 9.47. The molecule has 1 aromatic heterocycles. The predicted molar refractivity (Wildman–Crippen MR) is 89.6 cm³/mol. The second-order valence-electron chi connectivity index (χ2n) is 3.18. The molecule has 8 heteroatoms. The largest absolute Gasteiger partial charge is 0.370 e. The third-order valence-corrected chi connectivity index (χ3v) is 4.43. The van der Waals surface area contributed by atoms with E-state index in [1.807, 2.05) is 13.2 Å². The van der Waals surface area contributed by atoms with Crippen molar-refractivity contribution in [1.29, 1.82) is 0 Å². The van der Waals surface area contributed by atoms with E-state index in [-0.39, 0.29) is 24.0 Å². The summed E-state index contributed by atoms with van der Waals surface area (Å²) in [5.41, 5.74) is 1.87. The van der Waals surface area contributed by atoms with Crippen LogP contribution < -0.4 is 5.32 Å². The Morgan fingerprint density at radius 3 is 2.94 bits per heavy atom. The summed E-state index contributed by atoms with van der Waals surface area (Å²) in [6, 6.07) is 0. The fourth-order valence-electron chi connectivity index (χ4n) is 1.10. The van der Waals surface area contributed by atoms with Crippen molar-refractivity contribution in [1.82, 2.24) is 15.3 Å². The van der Waals surface area contributed by atoms with Crippen molar-refractivity contribution >= 4 is 63.1 Å². The van der Waals surface area contributed by atoms with Gasteiger partial charge in [0.25, 0.3) is 0 Å². The highest BCUT2D eigenvalue weighted by Gasteiger charge is 2.06. The van der Waals surface area contributed by atoms with E-state index in [1.165, 1.54) is 11.8 Å². The summed E-state index contributed by atoms with van der Waals surface area (Å²) in [5.74, 6) is 1.09. The van der Waals surface area contributed by atoms with Gasteiger partial charge in [-0.3, -0.25) is 4.21 Å². The van der Waals surface area contributed by atoms with Gasteiger partial charge in [0.1, 0.15) is 4.32 Å². The molecule has 1 heterocycles. The van der Waals surface area contributed by atoms with Crippen LogP contribution in [0.25, 0.3) is 0 Å². The number of imidazole rings is 1. The minimum Gasteiger partial charge on any atom is -0.370 e. The van der Waals surface area contributed by atoms with Crippen LogP contribution in [0.3, 0.4) is 0 Å². The Balaban J connectivity index is 0.00000256. The van der Waals surface area contributed by atoms with Crippen LogP contribution in [-0.4, -0.2) is 37.1 Å². The van der Waals surface area contributed by atoms with Crippen LogP contribution in [0.1, 0.15) is 11.4 Å². The SMILES string of the molecule is CSC(=S)NCCS(=O)Cc1nc[nH]c1C.I. The van der Waals surface area contributed by atoms with E-state index in [9.17, 15) is 4.21 Å². The summed E-state index contributed by atoms with van der Waals surface area (Å²) >= 11 is 6.47. The van der Waals surface area contributed by atoms with Crippen molar-refractivity contribution < 1.29 is 4.21 Å². The first-order valence-corrected chi connectivity index (χ1v) is 7.91. The molecule has 0 amide bonds. The molecule has 0 spiro atoms. The molecule has 0 bridgehead atoms. The average molecular weight is 405 g/mol. The highest BCUT2D eigenvalue weighted by atomic mass is 127. The maximum atomic E-state index is 11.7. The van der Waals surface area contributed by atoms with Crippen LogP contribution in [-0.2, 0) is 16.6 Å². The van der Waals surface area contributed by atoms with Gasteiger partial charge >= 0.3 is 0 Å². The molecule has 1 rings (SSSR count). The van der Waals surface area contributed by atoms with Crippen molar-refractivity contribution in [3.63, 3.8) is 0 Å². The van der Waals surface area contributed by atoms with Crippen molar-refractivity contribution in [2.45, 2.75) is 12.7 Å². The van der Waals surface area contributed by atoms with Gasteiger partial charge in [0.05, 0.1) is 17.8 Å². The lowest BCUT2D eigenvalue weighted by Crippen LogP contribution is -2.24. The number of aromatic nitrogens is 2. The summed E-state index contributed by atoms with van der Waals surface area (Å²) in [4.78, 5) is 7.09. The number of halogens is 1. The molecule has 0 saturated heterocycles. The quantitative estimate of drug-likeness (QED) is 0.578. The van der Waals surface area contributed by atoms with Crippen LogP contribution in [0.2, 0.25) is 0 Å². The number of thiocarbonyl (C=S) groups is 1. The zero-order valence-corrected chi connectivity index (χ0v) is 14.5. The molecule has 1 aromatic rings. The second-order valence-corrected chi connectivity index (χ2v) is 6.24. The molecule has 0 aliphatic rings. The van der Waals surface area contributed by atoms with E-state index in [0.717, 1.165) is 15.7 Å². The van der Waals surface area contributed by atoms with E-state index in [2.05, 4.69) is 15.3 Å². The summed E-state index contributed by atoms with van der Waals surface area (Å²) in [5, 5.41) is 3.03. The van der Waals surface area contributed by atoms with E-state index in [0.29, 0.717) is 18.1 Å². The van der Waals surface area contributed by atoms with Gasteiger partial charge in [0.15, 0.2) is 0 Å². The molecule has 0 aliphatic carbocycles. The molecule has 4 nitrogen and oxygen atoms in total. The minimum atomic E-state index is -0.892. The number of thioether (sulfide) groups is 1. The topological polar surface area (TPSA) is 57.8 Å². The standard InChI is InChI=1S/C9H15N3OS3.HI/c1-7-8(12-6-11-7)5-16(13)4-3-10-9(14)15-2;/h6H,3-5H2,1-2H3,(H,10,14)(H,11,12);1H. The number of H-pyrrole nitrogens is 1. The highest BCUT2D eigenvalue weighted by Crippen LogP contribution is 2.04. The molecule has 17 heavy (non-hydrogen) atoms. The molecule has 0 aromatic carbocycles. The number of hydrogen-bond acceptors (Lipinski definition) is 4. The molecular weight excluding hydrogens is 389 g/mol. The van der Waals surface area contributed by atoms with E-state index >= 15 is 0 Å². The molecule has 1 unspecified atom stereocenters. The molecular formula is C9H16IN3OS3. The minimum absolute atomic E-state index is 0. The second kappa shape index (κ2) is 9.29. The fourth-order valence-corrected chi connectivity index (χ4v) is 2.51. The lowest BCUT2D eigenvalue weighted by molar-refractivity contribution is 0.680. The first-order chi connectivity index (χ1) is 7.63. The van der Waals surface area contributed by atoms with Crippen LogP contribution in [0, 0.1) is 6.92 Å². The zero-order chi connectivity index (χ0) is 12.0. The van der Waals surface area contributed by atoms with Gasteiger partial charge in [-0.05, 0) is 13.2 Å². The van der Waals surface area contributed by atoms with Gasteiger partial charge in [-0.25, -0.2) is 4.98 Å². The Bertz CT molecular complexity index is 383. The third kappa shape index (κ3) is 6.73. The van der Waals surface area contributed by atoms with Gasteiger partial charge in [-0.1, -0.05) is 12.2 Å². The van der Waals surface area contributed by atoms with Crippen molar-refractivity contribution in [2.75, 3.05) is 18.6 Å². The number of rotatable bonds is 5. The van der Waals surface area contributed by atoms with E-state index in [4.69, 9.17) is 12.2 Å². The maximum Gasteiger partial charge on any atom is 0.133 e. The number of hydrogen-bond donors (Lipinski definition) is 2. The molecule has 0 aliphatic heterocycles. The van der Waals surface area contributed by atoms with E-state index < -0.39 is 10.8 Å². The highest BCUT2D eigenvalue weighted by molar-refractivity contribution is 14.0. The Labute approximate surface area is 131 Å². The maximum absolute atomic E-state index is 11.7. The lowest BCUT2D eigenvalue weighted by atomic mass is 10.4. The van der Waals surface area contributed by atoms with Gasteiger partial charge < -0.3 is 10.3 Å². The van der Waals surface area contributed by atoms with Gasteiger partial charge in [-0.15, -0.1) is 35.7 Å². The van der Waals surface area contributed by atoms with Crippen molar-refractivity contribution in [3.05, 3.63) is 17.7 Å². The average Bonchev–Trinajstić information content (AvgIpc) is 2.64. The van der Waals surface area contributed by atoms with Crippen LogP contribution >= 0.6 is 48.0 Å². The van der Waals surface area contributed by atoms with Gasteiger partial charge in [-0.2, -0.15) is 0 Å². The van der Waals surface area contributed by atoms with E-state index in [1.54, 1.807) is 6.33 Å². The molecule has 0 radical (unpaired) electrons. The summed E-state index contributed by atoms with van der Waals surface area (Å²) in [6.45, 7) is 2.58. The Hall–Kier alpha value is 0.330. The lowest BCUT2D eigenvalue weighted by Gasteiger charge is -2.04. The van der Waals surface area contributed by atoms with Crippen LogP contribution in [0.5, 0.6) is 0 Å². The Morgan fingerprint density at radius 2 is 2.41 bits per heavy atom. The number of aryl methyl sites for hydroxylation is 1. The van der Waals surface area contributed by atoms with Crippen LogP contribution in [0.15, 0.2) is 6.33 Å². The van der Waals surface area contributed by atoms with Crippen molar-refractivity contribution in [2.24, 2.45) is 0 Å². The third-order valence-electron chi connectivity index (χ3n) is 2.02. The zero-order valence-electron chi connectivity index (χ0n) is 9.69. The summed E-state index contributed by atoms with van der Waals surface area (Å²) in [6.07, 6.45) is 3.54. The Morgan fingerprint density at radius 1 is 1.71 bits per heavy atom. The van der Waals surface area contributed by atoms with Crippen LogP contribution in [0.4, 0.5) is 0 Å². The monoisotopic (exact) mass is 405 g/mol. The smallest absolute Gasteiger partial charge is 0.133 e. The summed E-state index contributed by atoms with van der Waals surface area (Å²) < 4.78 is 12.4. The van der Waals surface area contributed by atoms with Gasteiger partial charge in [0.2, 0.25) is 0 Å². The first-order valence-electron chi connectivity index (χ1n) is 4.79. The molecule has 98 valence electrons. The molecule has 1 atom stereocenters. The normalized spacial score (nSPS) is 11.6. The van der Waals surface area contributed by atoms with Gasteiger partial charge in [0, 0.05) is 28.8 Å². The molecule has 2 N–H and O–H groups in total. The number of nitrogens with one attached hydrogen (secondary N) is 2. The molecule has 0 saturated carbocycles. The van der Waals surface area contributed by atoms with Crippen molar-refractivity contribution in [3.8, 4) is 0 Å². The molecule has 0 fully saturated rings. The summed E-state index contributed by atoms with van der Waals surface area (Å²) in [7, 11) is -0.892.